The minimum Gasteiger partial charge on any atom is -0.487 e. The van der Waals surface area contributed by atoms with Crippen LogP contribution in [-0.4, -0.2) is 41.6 Å². The highest BCUT2D eigenvalue weighted by Crippen LogP contribution is 2.41. The third kappa shape index (κ3) is 3.88. The Balaban J connectivity index is 1.34. The van der Waals surface area contributed by atoms with Crippen molar-refractivity contribution < 1.29 is 19.4 Å². The average Bonchev–Trinajstić information content (AvgIpc) is 3.31. The van der Waals surface area contributed by atoms with Crippen LogP contribution in [0.15, 0.2) is 42.5 Å². The first kappa shape index (κ1) is 19.6. The Labute approximate surface area is 180 Å². The molecule has 7 heteroatoms. The molecule has 2 aromatic rings. The van der Waals surface area contributed by atoms with E-state index in [1.54, 1.807) is 0 Å². The first-order chi connectivity index (χ1) is 15.1. The molecular formula is C24H25N3O4. The smallest absolute Gasteiger partial charge is 0.404 e. The molecule has 0 bridgehead atoms. The lowest BCUT2D eigenvalue weighted by Crippen LogP contribution is -2.40. The largest absolute Gasteiger partial charge is 0.487 e. The number of carboxylic acid groups (broad SMARTS) is 1. The summed E-state index contributed by atoms with van der Waals surface area (Å²) >= 11 is 0. The number of hydrogen-bond donors (Lipinski definition) is 3. The van der Waals surface area contributed by atoms with Crippen LogP contribution in [0.1, 0.15) is 35.1 Å². The molecule has 160 valence electrons. The molecule has 3 aliphatic heterocycles. The second kappa shape index (κ2) is 8.07. The Bertz CT molecular complexity index is 1080. The Morgan fingerprint density at radius 3 is 2.97 bits per heavy atom. The van der Waals surface area contributed by atoms with Crippen LogP contribution in [0.5, 0.6) is 0 Å². The zero-order valence-electron chi connectivity index (χ0n) is 17.2. The third-order valence-corrected chi connectivity index (χ3v) is 6.24. The molecule has 1 atom stereocenters. The number of ether oxygens (including phenoxy) is 1. The highest BCUT2D eigenvalue weighted by Gasteiger charge is 2.32. The van der Waals surface area contributed by atoms with Gasteiger partial charge < -0.3 is 20.5 Å². The van der Waals surface area contributed by atoms with Crippen LogP contribution in [-0.2, 0) is 22.7 Å². The fraction of sp³-hybridized carbons (Fsp3) is 0.333. The number of carbonyl (C=O) groups is 2. The van der Waals surface area contributed by atoms with E-state index in [0.29, 0.717) is 30.4 Å². The number of para-hydroxylation sites is 1. The van der Waals surface area contributed by atoms with Gasteiger partial charge in [-0.15, -0.1) is 0 Å². The number of likely N-dealkylation sites (tertiary alicyclic amines) is 1. The van der Waals surface area contributed by atoms with Crippen molar-refractivity contribution in [1.29, 1.82) is 0 Å². The summed E-state index contributed by atoms with van der Waals surface area (Å²) in [5.41, 5.74) is 5.59. The van der Waals surface area contributed by atoms with Crippen molar-refractivity contribution in [3.05, 3.63) is 64.7 Å². The first-order valence-corrected chi connectivity index (χ1v) is 10.7. The van der Waals surface area contributed by atoms with E-state index in [9.17, 15) is 9.59 Å². The van der Waals surface area contributed by atoms with Crippen LogP contribution in [0.2, 0.25) is 0 Å². The van der Waals surface area contributed by atoms with Gasteiger partial charge in [-0.3, -0.25) is 9.69 Å². The number of fused-ring (bicyclic) bond motifs is 2. The van der Waals surface area contributed by atoms with Crippen molar-refractivity contribution in [3.63, 3.8) is 0 Å². The van der Waals surface area contributed by atoms with Gasteiger partial charge in [0.1, 0.15) is 12.4 Å². The molecule has 0 aromatic heterocycles. The van der Waals surface area contributed by atoms with Crippen molar-refractivity contribution in [2.24, 2.45) is 5.92 Å². The number of carbonyl (C=O) groups excluding carboxylic acids is 1. The van der Waals surface area contributed by atoms with E-state index in [1.807, 2.05) is 24.3 Å². The zero-order valence-corrected chi connectivity index (χ0v) is 17.2. The maximum atomic E-state index is 12.6. The van der Waals surface area contributed by atoms with Crippen molar-refractivity contribution in [1.82, 2.24) is 10.2 Å². The van der Waals surface area contributed by atoms with Crippen LogP contribution < -0.4 is 10.6 Å². The summed E-state index contributed by atoms with van der Waals surface area (Å²) < 4.78 is 5.99. The fourth-order valence-corrected chi connectivity index (χ4v) is 4.81. The molecule has 3 aliphatic rings. The molecule has 0 radical (unpaired) electrons. The van der Waals surface area contributed by atoms with Crippen molar-refractivity contribution in [2.45, 2.75) is 26.0 Å². The molecule has 7 nitrogen and oxygen atoms in total. The molecule has 0 saturated carbocycles. The Hall–Kier alpha value is -3.32. The van der Waals surface area contributed by atoms with Crippen LogP contribution in [0, 0.1) is 5.92 Å². The van der Waals surface area contributed by atoms with Gasteiger partial charge in [-0.05, 0) is 36.9 Å². The fourth-order valence-electron chi connectivity index (χ4n) is 4.81. The van der Waals surface area contributed by atoms with E-state index in [-0.39, 0.29) is 5.91 Å². The lowest BCUT2D eigenvalue weighted by atomic mass is 9.96. The third-order valence-electron chi connectivity index (χ3n) is 6.24. The van der Waals surface area contributed by atoms with E-state index in [0.717, 1.165) is 54.9 Å². The number of benzene rings is 2. The number of anilines is 1. The highest BCUT2D eigenvalue weighted by atomic mass is 16.5. The van der Waals surface area contributed by atoms with Gasteiger partial charge >= 0.3 is 6.09 Å². The SMILES string of the molecule is O=C(O)NCC1CCCN(Cc2ccc3c(c2)COC3=C2C(=O)Nc3ccccc32)C1. The van der Waals surface area contributed by atoms with Crippen LogP contribution in [0.25, 0.3) is 11.3 Å². The zero-order chi connectivity index (χ0) is 21.4. The molecule has 2 aromatic carbocycles. The average molecular weight is 419 g/mol. The molecule has 2 amide bonds. The van der Waals surface area contributed by atoms with E-state index in [2.05, 4.69) is 33.7 Å². The molecule has 3 N–H and O–H groups in total. The second-order valence-electron chi connectivity index (χ2n) is 8.41. The van der Waals surface area contributed by atoms with E-state index in [4.69, 9.17) is 9.84 Å². The van der Waals surface area contributed by atoms with E-state index < -0.39 is 6.09 Å². The van der Waals surface area contributed by atoms with E-state index in [1.165, 1.54) is 5.56 Å². The quantitative estimate of drug-likeness (QED) is 0.660. The van der Waals surface area contributed by atoms with Crippen LogP contribution in [0.4, 0.5) is 10.5 Å². The summed E-state index contributed by atoms with van der Waals surface area (Å²) in [5.74, 6) is 0.879. The maximum Gasteiger partial charge on any atom is 0.404 e. The van der Waals surface area contributed by atoms with Crippen molar-refractivity contribution in [3.8, 4) is 0 Å². The molecule has 1 fully saturated rings. The molecule has 0 spiro atoms. The minimum absolute atomic E-state index is 0.123. The van der Waals surface area contributed by atoms with Crippen LogP contribution >= 0.6 is 0 Å². The molecule has 5 rings (SSSR count). The van der Waals surface area contributed by atoms with Gasteiger partial charge in [0.15, 0.2) is 0 Å². The number of hydrogen-bond acceptors (Lipinski definition) is 4. The van der Waals surface area contributed by atoms with Gasteiger partial charge in [0, 0.05) is 42.0 Å². The van der Waals surface area contributed by atoms with E-state index >= 15 is 0 Å². The predicted octanol–water partition coefficient (Wildman–Crippen LogP) is 3.52. The monoisotopic (exact) mass is 419 g/mol. The van der Waals surface area contributed by atoms with Crippen molar-refractivity contribution in [2.75, 3.05) is 25.0 Å². The molecule has 3 heterocycles. The summed E-state index contributed by atoms with van der Waals surface area (Å²) in [4.78, 5) is 25.7. The summed E-state index contributed by atoms with van der Waals surface area (Å²) in [5, 5.41) is 14.3. The lowest BCUT2D eigenvalue weighted by molar-refractivity contribution is -0.110. The number of nitrogens with zero attached hydrogens (tertiary/aromatic N) is 1. The summed E-state index contributed by atoms with van der Waals surface area (Å²) in [6.45, 7) is 3.70. The van der Waals surface area contributed by atoms with Gasteiger partial charge in [-0.2, -0.15) is 0 Å². The Kier molecular flexibility index (Phi) is 5.11. The topological polar surface area (TPSA) is 90.9 Å². The number of piperidine rings is 1. The number of amides is 2. The molecule has 1 unspecified atom stereocenters. The predicted molar refractivity (Wildman–Crippen MR) is 117 cm³/mol. The van der Waals surface area contributed by atoms with Gasteiger partial charge in [-0.25, -0.2) is 4.79 Å². The maximum absolute atomic E-state index is 12.6. The lowest BCUT2D eigenvalue weighted by Gasteiger charge is -2.32. The molecule has 0 aliphatic carbocycles. The molecule has 1 saturated heterocycles. The normalized spacial score (nSPS) is 22.5. The minimum atomic E-state index is -0.959. The highest BCUT2D eigenvalue weighted by molar-refractivity contribution is 6.36. The summed E-state index contributed by atoms with van der Waals surface area (Å²) in [6.07, 6.45) is 1.17. The van der Waals surface area contributed by atoms with Gasteiger partial charge in [-0.1, -0.05) is 36.4 Å². The van der Waals surface area contributed by atoms with Crippen molar-refractivity contribution >= 4 is 29.0 Å². The van der Waals surface area contributed by atoms with Crippen LogP contribution in [0.3, 0.4) is 0 Å². The first-order valence-electron chi connectivity index (χ1n) is 10.7. The molecular weight excluding hydrogens is 394 g/mol. The van der Waals surface area contributed by atoms with Gasteiger partial charge in [0.2, 0.25) is 0 Å². The second-order valence-corrected chi connectivity index (χ2v) is 8.41. The number of nitrogens with one attached hydrogen (secondary N) is 2. The summed E-state index contributed by atoms with van der Waals surface area (Å²) in [7, 11) is 0. The summed E-state index contributed by atoms with van der Waals surface area (Å²) in [6, 6.07) is 14.0. The Morgan fingerprint density at radius 1 is 1.23 bits per heavy atom. The molecule has 31 heavy (non-hydrogen) atoms. The standard InChI is InChI=1S/C24H25N3O4/c28-23-21(19-5-1-2-6-20(19)26-23)22-18-8-7-15(10-17(18)14-31-22)12-27-9-3-4-16(13-27)11-25-24(29)30/h1-2,5-8,10,16,25H,3-4,9,11-14H2,(H,26,28)(H,29,30). The van der Waals surface area contributed by atoms with Gasteiger partial charge in [0.25, 0.3) is 5.91 Å². The van der Waals surface area contributed by atoms with Gasteiger partial charge in [0.05, 0.1) is 5.57 Å². The number of rotatable bonds is 4. The Morgan fingerprint density at radius 2 is 2.10 bits per heavy atom.